The monoisotopic (exact) mass is 463 g/mol. The molecule has 1 saturated carbocycles. The van der Waals surface area contributed by atoms with Crippen LogP contribution in [0, 0.1) is 19.7 Å². The number of ether oxygens (including phenoxy) is 1. The lowest BCUT2D eigenvalue weighted by Crippen LogP contribution is -2.53. The number of aryl methyl sites for hydroxylation is 1. The molecule has 0 saturated heterocycles. The summed E-state index contributed by atoms with van der Waals surface area (Å²) in [4.78, 5) is 16.1. The van der Waals surface area contributed by atoms with Crippen molar-refractivity contribution in [2.45, 2.75) is 83.9 Å². The number of aromatic nitrogens is 1. The van der Waals surface area contributed by atoms with Gasteiger partial charge < -0.3 is 20.4 Å². The Bertz CT molecular complexity index is 1260. The van der Waals surface area contributed by atoms with E-state index >= 15 is 4.39 Å². The predicted molar refractivity (Wildman–Crippen MR) is 135 cm³/mol. The van der Waals surface area contributed by atoms with Gasteiger partial charge in [0.2, 0.25) is 0 Å². The molecule has 3 aromatic rings. The van der Waals surface area contributed by atoms with Crippen LogP contribution >= 0.6 is 0 Å². The first-order valence-electron chi connectivity index (χ1n) is 12.3. The molecule has 0 spiro atoms. The minimum atomic E-state index is -0.547. The summed E-state index contributed by atoms with van der Waals surface area (Å²) in [6.45, 7) is 9.95. The van der Waals surface area contributed by atoms with Gasteiger partial charge in [0.15, 0.2) is 0 Å². The van der Waals surface area contributed by atoms with E-state index in [2.05, 4.69) is 22.5 Å². The Morgan fingerprint density at radius 2 is 1.91 bits per heavy atom. The maximum absolute atomic E-state index is 15.8. The van der Waals surface area contributed by atoms with Gasteiger partial charge in [0, 0.05) is 45.9 Å². The summed E-state index contributed by atoms with van der Waals surface area (Å²) in [5.74, 6) is -0.337. The summed E-state index contributed by atoms with van der Waals surface area (Å²) >= 11 is 0. The number of hydrogen-bond acceptors (Lipinski definition) is 3. The zero-order valence-corrected chi connectivity index (χ0v) is 20.6. The van der Waals surface area contributed by atoms with E-state index in [1.165, 1.54) is 0 Å². The number of nitrogens with one attached hydrogen (secondary N) is 3. The molecule has 2 aliphatic rings. The topological polar surface area (TPSA) is 66.1 Å². The predicted octanol–water partition coefficient (Wildman–Crippen LogP) is 6.94. The quantitative estimate of drug-likeness (QED) is 0.394. The number of rotatable bonds is 3. The molecule has 1 aliphatic carbocycles. The van der Waals surface area contributed by atoms with Gasteiger partial charge in [-0.15, -0.1) is 0 Å². The molecular formula is C28H34FN3O2. The highest BCUT2D eigenvalue weighted by atomic mass is 19.1. The Morgan fingerprint density at radius 1 is 1.18 bits per heavy atom. The second-order valence-corrected chi connectivity index (χ2v) is 10.6. The molecule has 2 aromatic carbocycles. The van der Waals surface area contributed by atoms with Gasteiger partial charge in [-0.3, -0.25) is 0 Å². The number of para-hydroxylation sites is 1. The van der Waals surface area contributed by atoms with E-state index in [1.54, 1.807) is 0 Å². The summed E-state index contributed by atoms with van der Waals surface area (Å²) in [5.41, 5.74) is 5.26. The lowest BCUT2D eigenvalue weighted by atomic mass is 9.77. The highest BCUT2D eigenvalue weighted by Gasteiger charge is 2.44. The smallest absolute Gasteiger partial charge is 0.407 e. The van der Waals surface area contributed by atoms with Crippen LogP contribution in [0.15, 0.2) is 30.5 Å². The van der Waals surface area contributed by atoms with Gasteiger partial charge in [0.25, 0.3) is 0 Å². The summed E-state index contributed by atoms with van der Waals surface area (Å²) in [5, 5.41) is 7.61. The molecule has 1 amide bonds. The van der Waals surface area contributed by atoms with Crippen LogP contribution in [0.25, 0.3) is 22.0 Å². The number of aromatic amines is 1. The van der Waals surface area contributed by atoms with E-state index < -0.39 is 11.6 Å². The van der Waals surface area contributed by atoms with Gasteiger partial charge in [0.05, 0.1) is 11.1 Å². The van der Waals surface area contributed by atoms with E-state index in [9.17, 15) is 4.79 Å². The Hall–Kier alpha value is -3.02. The van der Waals surface area contributed by atoms with Gasteiger partial charge in [-0.05, 0) is 57.7 Å². The van der Waals surface area contributed by atoms with Crippen LogP contribution in [-0.4, -0.2) is 28.8 Å². The van der Waals surface area contributed by atoms with Gasteiger partial charge in [-0.1, -0.05) is 38.0 Å². The summed E-state index contributed by atoms with van der Waals surface area (Å²) < 4.78 is 21.8. The van der Waals surface area contributed by atoms with Crippen LogP contribution in [0.2, 0.25) is 0 Å². The first kappa shape index (κ1) is 22.8. The van der Waals surface area contributed by atoms with Crippen LogP contribution in [0.4, 0.5) is 14.9 Å². The number of carbonyl (C=O) groups excluding carboxylic acids is 1. The lowest BCUT2D eigenvalue weighted by molar-refractivity contribution is 0.0457. The van der Waals surface area contributed by atoms with E-state index in [4.69, 9.17) is 4.74 Å². The minimum Gasteiger partial charge on any atom is -0.443 e. The maximum atomic E-state index is 15.8. The van der Waals surface area contributed by atoms with E-state index in [0.717, 1.165) is 59.0 Å². The molecule has 1 aromatic heterocycles. The number of H-pyrrole nitrogens is 1. The lowest BCUT2D eigenvalue weighted by Gasteiger charge is -2.45. The second-order valence-electron chi connectivity index (χ2n) is 10.6. The number of amides is 1. The number of carbonyl (C=O) groups is 1. The molecule has 5 nitrogen and oxygen atoms in total. The third kappa shape index (κ3) is 3.73. The van der Waals surface area contributed by atoms with Crippen molar-refractivity contribution in [2.24, 2.45) is 0 Å². The van der Waals surface area contributed by atoms with Gasteiger partial charge in [-0.25, -0.2) is 9.18 Å². The van der Waals surface area contributed by atoms with E-state index in [-0.39, 0.29) is 23.9 Å². The fourth-order valence-electron chi connectivity index (χ4n) is 5.88. The van der Waals surface area contributed by atoms with Crippen molar-refractivity contribution in [3.8, 4) is 11.1 Å². The molecule has 2 heterocycles. The van der Waals surface area contributed by atoms with E-state index in [1.807, 2.05) is 58.2 Å². The van der Waals surface area contributed by atoms with Gasteiger partial charge in [0.1, 0.15) is 11.9 Å². The molecule has 5 rings (SSSR count). The minimum absolute atomic E-state index is 0.108. The number of fused-ring (bicyclic) bond motifs is 2. The van der Waals surface area contributed by atoms with Crippen LogP contribution in [0.3, 0.4) is 0 Å². The van der Waals surface area contributed by atoms with Crippen molar-refractivity contribution in [3.05, 3.63) is 53.0 Å². The van der Waals surface area contributed by atoms with Crippen molar-refractivity contribution in [1.29, 1.82) is 0 Å². The number of halogens is 1. The normalized spacial score (nSPS) is 21.8. The molecule has 1 aliphatic heterocycles. The fraction of sp³-hybridized carbons (Fsp3) is 0.464. The van der Waals surface area contributed by atoms with Crippen molar-refractivity contribution in [3.63, 3.8) is 0 Å². The third-order valence-corrected chi connectivity index (χ3v) is 7.76. The molecule has 0 bridgehead atoms. The fourth-order valence-corrected chi connectivity index (χ4v) is 5.88. The first-order chi connectivity index (χ1) is 16.2. The van der Waals surface area contributed by atoms with Crippen molar-refractivity contribution < 1.29 is 13.9 Å². The molecule has 6 heteroatoms. The Kier molecular flexibility index (Phi) is 5.58. The number of alkyl carbamates (subject to hydrolysis) is 1. The largest absolute Gasteiger partial charge is 0.443 e. The average Bonchev–Trinajstić information content (AvgIpc) is 3.44. The highest BCUT2D eigenvalue weighted by molar-refractivity contribution is 5.96. The van der Waals surface area contributed by atoms with Crippen molar-refractivity contribution in [1.82, 2.24) is 10.3 Å². The number of benzene rings is 2. The number of anilines is 1. The van der Waals surface area contributed by atoms with Gasteiger partial charge >= 0.3 is 6.09 Å². The SMILES string of the molecule is Cc1c(F)c(-c2cccc3c(C)c[nH]c23)cc2c1NC(C)(C)[C@@H](OC(=O)NC1CCCC1)[C@@H]2C. The van der Waals surface area contributed by atoms with Crippen LogP contribution in [0.1, 0.15) is 69.1 Å². The summed E-state index contributed by atoms with van der Waals surface area (Å²) in [6.07, 6.45) is 5.49. The summed E-state index contributed by atoms with van der Waals surface area (Å²) in [7, 11) is 0. The second kappa shape index (κ2) is 8.33. The summed E-state index contributed by atoms with van der Waals surface area (Å²) in [6, 6.07) is 8.10. The van der Waals surface area contributed by atoms with Crippen LogP contribution in [0.5, 0.6) is 0 Å². The third-order valence-electron chi connectivity index (χ3n) is 7.76. The van der Waals surface area contributed by atoms with Crippen molar-refractivity contribution >= 4 is 22.7 Å². The first-order valence-corrected chi connectivity index (χ1v) is 12.3. The van der Waals surface area contributed by atoms with E-state index in [0.29, 0.717) is 11.1 Å². The van der Waals surface area contributed by atoms with Crippen molar-refractivity contribution in [2.75, 3.05) is 5.32 Å². The molecule has 0 unspecified atom stereocenters. The zero-order chi connectivity index (χ0) is 24.2. The molecule has 0 radical (unpaired) electrons. The average molecular weight is 464 g/mol. The van der Waals surface area contributed by atoms with Crippen LogP contribution in [-0.2, 0) is 4.74 Å². The van der Waals surface area contributed by atoms with Crippen LogP contribution < -0.4 is 10.6 Å². The number of hydrogen-bond donors (Lipinski definition) is 3. The van der Waals surface area contributed by atoms with Gasteiger partial charge in [-0.2, -0.15) is 0 Å². The Labute approximate surface area is 200 Å². The maximum Gasteiger partial charge on any atom is 0.407 e. The molecule has 2 atom stereocenters. The Morgan fingerprint density at radius 3 is 2.65 bits per heavy atom. The Balaban J connectivity index is 1.54. The highest BCUT2D eigenvalue weighted by Crippen LogP contribution is 2.46. The molecule has 34 heavy (non-hydrogen) atoms. The standard InChI is InChI=1S/C28H34FN3O2/c1-15-14-30-25-19(15)11-8-12-20(25)22-13-21-16(2)26(34-27(33)31-18-9-6-7-10-18)28(4,5)32-24(21)17(3)23(22)29/h8,11-14,16,18,26,30,32H,6-7,9-10H2,1-5H3,(H,31,33)/t16-,26+/m1/s1. The molecular weight excluding hydrogens is 429 g/mol. The zero-order valence-electron chi connectivity index (χ0n) is 20.6. The molecule has 1 fully saturated rings. The molecule has 180 valence electrons. The molecule has 3 N–H and O–H groups in total.